The van der Waals surface area contributed by atoms with Crippen LogP contribution in [0.3, 0.4) is 0 Å². The maximum absolute atomic E-state index is 12.6. The maximum atomic E-state index is 12.6. The van der Waals surface area contributed by atoms with Crippen LogP contribution >= 0.6 is 0 Å². The number of rotatable bonds is 8. The number of nitrogens with zero attached hydrogens (tertiary/aromatic N) is 1. The van der Waals surface area contributed by atoms with Gasteiger partial charge in [0.1, 0.15) is 0 Å². The number of amides is 1. The van der Waals surface area contributed by atoms with Crippen LogP contribution < -0.4 is 11.1 Å². The first-order valence-electron chi connectivity index (χ1n) is 10.8. The van der Waals surface area contributed by atoms with E-state index in [1.54, 1.807) is 30.3 Å². The number of hydrogen-bond acceptors (Lipinski definition) is 6. The van der Waals surface area contributed by atoms with Gasteiger partial charge in [-0.05, 0) is 74.1 Å². The number of sulfone groups is 1. The fourth-order valence-electron chi connectivity index (χ4n) is 3.67. The first-order chi connectivity index (χ1) is 15.9. The van der Waals surface area contributed by atoms with E-state index in [0.717, 1.165) is 22.9 Å². The zero-order chi connectivity index (χ0) is 25.0. The summed E-state index contributed by atoms with van der Waals surface area (Å²) >= 11 is 0. The highest BCUT2D eigenvalue weighted by Gasteiger charge is 2.16. The minimum atomic E-state index is -3.47. The molecule has 3 rings (SSSR count). The number of nitrogens with one attached hydrogen (secondary N) is 2. The van der Waals surface area contributed by atoms with Crippen LogP contribution in [0.4, 0.5) is 11.4 Å². The van der Waals surface area contributed by atoms with E-state index in [2.05, 4.69) is 5.32 Å². The average Bonchev–Trinajstić information content (AvgIpc) is 2.75. The lowest BCUT2D eigenvalue weighted by Crippen LogP contribution is -2.16. The Morgan fingerprint density at radius 2 is 1.76 bits per heavy atom. The van der Waals surface area contributed by atoms with Gasteiger partial charge in [-0.3, -0.25) is 10.2 Å². The van der Waals surface area contributed by atoms with Crippen LogP contribution in [-0.4, -0.2) is 45.3 Å². The lowest BCUT2D eigenvalue weighted by molar-refractivity contribution is -0.115. The van der Waals surface area contributed by atoms with Gasteiger partial charge in [-0.25, -0.2) is 8.42 Å². The predicted octanol–water partition coefficient (Wildman–Crippen LogP) is 3.64. The lowest BCUT2D eigenvalue weighted by atomic mass is 9.98. The summed E-state index contributed by atoms with van der Waals surface area (Å²) in [6.45, 7) is 2.48. The van der Waals surface area contributed by atoms with Gasteiger partial charge in [0.05, 0.1) is 17.0 Å². The number of carbonyl (C=O) groups is 1. The standard InChI is InChI=1S/C26H30N4O3S/c1-17-7-5-6-8-19(17)14-25(31)29-21-9-10-24(27)23(15-21)26(28)20-11-18(16-30(2)3)12-22(13-20)34(4,32)33/h5-13,15,28H,14,16,27H2,1-4H3,(H,29,31). The monoisotopic (exact) mass is 478 g/mol. The van der Waals surface area contributed by atoms with Crippen LogP contribution in [-0.2, 0) is 27.6 Å². The first kappa shape index (κ1) is 25.1. The second kappa shape index (κ2) is 10.2. The van der Waals surface area contributed by atoms with Crippen molar-refractivity contribution in [3.8, 4) is 0 Å². The maximum Gasteiger partial charge on any atom is 0.228 e. The van der Waals surface area contributed by atoms with Gasteiger partial charge in [-0.2, -0.15) is 0 Å². The molecule has 0 spiro atoms. The van der Waals surface area contributed by atoms with Gasteiger partial charge in [-0.15, -0.1) is 0 Å². The van der Waals surface area contributed by atoms with E-state index in [1.807, 2.05) is 50.2 Å². The van der Waals surface area contributed by atoms with Gasteiger partial charge in [0, 0.05) is 35.3 Å². The summed E-state index contributed by atoms with van der Waals surface area (Å²) in [4.78, 5) is 14.7. The Hall–Kier alpha value is -3.49. The molecule has 0 heterocycles. The first-order valence-corrected chi connectivity index (χ1v) is 12.6. The third-order valence-electron chi connectivity index (χ3n) is 5.40. The second-order valence-corrected chi connectivity index (χ2v) is 10.7. The SMILES string of the molecule is Cc1ccccc1CC(=O)Nc1ccc(N)c(C(=N)c2cc(CN(C)C)cc(S(C)(=O)=O)c2)c1. The fourth-order valence-corrected chi connectivity index (χ4v) is 4.37. The summed E-state index contributed by atoms with van der Waals surface area (Å²) < 4.78 is 24.5. The molecule has 1 amide bonds. The Kier molecular flexibility index (Phi) is 7.54. The van der Waals surface area contributed by atoms with Crippen LogP contribution in [0.5, 0.6) is 0 Å². The predicted molar refractivity (Wildman–Crippen MR) is 137 cm³/mol. The molecule has 4 N–H and O–H groups in total. The van der Waals surface area contributed by atoms with Crippen LogP contribution in [0.2, 0.25) is 0 Å². The van der Waals surface area contributed by atoms with Gasteiger partial charge in [0.2, 0.25) is 5.91 Å². The van der Waals surface area contributed by atoms with Crippen molar-refractivity contribution in [2.24, 2.45) is 0 Å². The van der Waals surface area contributed by atoms with E-state index in [-0.39, 0.29) is 22.9 Å². The van der Waals surface area contributed by atoms with E-state index in [1.165, 1.54) is 6.07 Å². The van der Waals surface area contributed by atoms with Crippen molar-refractivity contribution < 1.29 is 13.2 Å². The Morgan fingerprint density at radius 3 is 2.41 bits per heavy atom. The largest absolute Gasteiger partial charge is 0.398 e. The topological polar surface area (TPSA) is 116 Å². The molecule has 0 aliphatic heterocycles. The van der Waals surface area contributed by atoms with Crippen molar-refractivity contribution in [1.82, 2.24) is 4.90 Å². The Labute approximate surface area is 201 Å². The van der Waals surface area contributed by atoms with Gasteiger partial charge in [0.25, 0.3) is 0 Å². The molecule has 0 atom stereocenters. The molecule has 0 bridgehead atoms. The summed E-state index contributed by atoms with van der Waals surface area (Å²) in [6.07, 6.45) is 1.38. The van der Waals surface area contributed by atoms with Crippen molar-refractivity contribution in [2.45, 2.75) is 24.8 Å². The number of hydrogen-bond donors (Lipinski definition) is 3. The lowest BCUT2D eigenvalue weighted by Gasteiger charge is -2.15. The summed E-state index contributed by atoms with van der Waals surface area (Å²) in [5, 5.41) is 11.6. The molecule has 34 heavy (non-hydrogen) atoms. The van der Waals surface area contributed by atoms with Crippen LogP contribution in [0.1, 0.15) is 27.8 Å². The molecule has 3 aromatic rings. The number of carbonyl (C=O) groups excluding carboxylic acids is 1. The Balaban J connectivity index is 1.91. The van der Waals surface area contributed by atoms with Gasteiger partial charge in [-0.1, -0.05) is 24.3 Å². The summed E-state index contributed by atoms with van der Waals surface area (Å²) in [5.74, 6) is -0.177. The molecular formula is C26H30N4O3S. The molecule has 8 heteroatoms. The Bertz CT molecular complexity index is 1350. The number of benzene rings is 3. The van der Waals surface area contributed by atoms with Crippen LogP contribution in [0, 0.1) is 12.3 Å². The summed E-state index contributed by atoms with van der Waals surface area (Å²) in [6, 6.07) is 17.6. The quantitative estimate of drug-likeness (QED) is 0.338. The molecule has 3 aromatic carbocycles. The molecule has 0 saturated heterocycles. The van der Waals surface area contributed by atoms with E-state index in [0.29, 0.717) is 29.0 Å². The minimum Gasteiger partial charge on any atom is -0.398 e. The zero-order valence-corrected chi connectivity index (χ0v) is 20.7. The average molecular weight is 479 g/mol. The normalized spacial score (nSPS) is 11.4. The molecule has 7 nitrogen and oxygen atoms in total. The molecule has 178 valence electrons. The highest BCUT2D eigenvalue weighted by molar-refractivity contribution is 7.90. The van der Waals surface area contributed by atoms with Crippen LogP contribution in [0.15, 0.2) is 65.6 Å². The summed E-state index contributed by atoms with van der Waals surface area (Å²) in [7, 11) is 0.306. The number of aryl methyl sites for hydroxylation is 1. The van der Waals surface area contributed by atoms with Crippen molar-refractivity contribution in [3.05, 3.63) is 88.5 Å². The molecule has 0 saturated carbocycles. The van der Waals surface area contributed by atoms with Gasteiger partial charge < -0.3 is 16.0 Å². The number of anilines is 2. The van der Waals surface area contributed by atoms with Crippen molar-refractivity contribution in [1.29, 1.82) is 5.41 Å². The van der Waals surface area contributed by atoms with Crippen molar-refractivity contribution in [2.75, 3.05) is 31.4 Å². The molecule has 0 aliphatic carbocycles. The van der Waals surface area contributed by atoms with Gasteiger partial charge in [0.15, 0.2) is 9.84 Å². The van der Waals surface area contributed by atoms with E-state index in [9.17, 15) is 13.2 Å². The second-order valence-electron chi connectivity index (χ2n) is 8.70. The molecule has 0 aromatic heterocycles. The molecule has 0 fully saturated rings. The highest BCUT2D eigenvalue weighted by atomic mass is 32.2. The third kappa shape index (κ3) is 6.30. The molecule has 0 aliphatic rings. The van der Waals surface area contributed by atoms with E-state index >= 15 is 0 Å². The van der Waals surface area contributed by atoms with E-state index < -0.39 is 9.84 Å². The number of nitrogen functional groups attached to an aromatic ring is 1. The van der Waals surface area contributed by atoms with Crippen molar-refractivity contribution in [3.63, 3.8) is 0 Å². The highest BCUT2D eigenvalue weighted by Crippen LogP contribution is 2.24. The summed E-state index contributed by atoms with van der Waals surface area (Å²) in [5.41, 5.74) is 10.7. The van der Waals surface area contributed by atoms with Gasteiger partial charge >= 0.3 is 0 Å². The smallest absolute Gasteiger partial charge is 0.228 e. The third-order valence-corrected chi connectivity index (χ3v) is 6.49. The zero-order valence-electron chi connectivity index (χ0n) is 19.8. The molecular weight excluding hydrogens is 448 g/mol. The van der Waals surface area contributed by atoms with Crippen molar-refractivity contribution >= 4 is 32.8 Å². The van der Waals surface area contributed by atoms with Crippen LogP contribution in [0.25, 0.3) is 0 Å². The van der Waals surface area contributed by atoms with E-state index in [4.69, 9.17) is 11.1 Å². The number of nitrogens with two attached hydrogens (primary N) is 1. The fraction of sp³-hybridized carbons (Fsp3) is 0.231. The minimum absolute atomic E-state index is 0.0815. The Morgan fingerprint density at radius 1 is 1.06 bits per heavy atom. The molecule has 0 radical (unpaired) electrons. The molecule has 0 unspecified atom stereocenters.